The zero-order valence-electron chi connectivity index (χ0n) is 11.4. The predicted molar refractivity (Wildman–Crippen MR) is 73.6 cm³/mol. The maximum absolute atomic E-state index is 5.95. The lowest BCUT2D eigenvalue weighted by Gasteiger charge is -2.20. The smallest absolute Gasteiger partial charge is 0.0814 e. The zero-order chi connectivity index (χ0) is 12.9. The van der Waals surface area contributed by atoms with Crippen LogP contribution in [0.15, 0.2) is 6.20 Å². The average Bonchev–Trinajstić information content (AvgIpc) is 2.53. The summed E-state index contributed by atoms with van der Waals surface area (Å²) in [4.78, 5) is 0. The maximum atomic E-state index is 5.95. The second-order valence-corrected chi connectivity index (χ2v) is 5.95. The Bertz CT molecular complexity index is 339. The highest BCUT2D eigenvalue weighted by Crippen LogP contribution is 2.13. The summed E-state index contributed by atoms with van der Waals surface area (Å²) < 4.78 is 1.99. The third-order valence-electron chi connectivity index (χ3n) is 2.75. The van der Waals surface area contributed by atoms with Crippen LogP contribution in [-0.2, 0) is 6.54 Å². The fraction of sp³-hybridized carbons (Fsp3) is 0.769. The lowest BCUT2D eigenvalue weighted by atomic mass is 10.1. The van der Waals surface area contributed by atoms with E-state index in [1.54, 1.807) is 6.20 Å². The van der Waals surface area contributed by atoms with Gasteiger partial charge in [-0.15, -0.1) is 0 Å². The normalized spacial score (nSPS) is 12.1. The minimum atomic E-state index is 0.228. The van der Waals surface area contributed by atoms with Gasteiger partial charge in [0.05, 0.1) is 16.9 Å². The molecule has 3 nitrogen and oxygen atoms in total. The number of halogens is 1. The molecule has 0 spiro atoms. The van der Waals surface area contributed by atoms with Gasteiger partial charge in [0.2, 0.25) is 0 Å². The molecule has 98 valence electrons. The first-order valence-corrected chi connectivity index (χ1v) is 6.71. The average molecular weight is 258 g/mol. The van der Waals surface area contributed by atoms with E-state index < -0.39 is 0 Å². The van der Waals surface area contributed by atoms with Crippen LogP contribution in [0.4, 0.5) is 0 Å². The molecule has 0 aliphatic rings. The molecule has 0 aliphatic heterocycles. The van der Waals surface area contributed by atoms with Crippen LogP contribution in [0.2, 0.25) is 5.02 Å². The molecule has 0 amide bonds. The van der Waals surface area contributed by atoms with E-state index in [4.69, 9.17) is 11.6 Å². The molecule has 0 aliphatic carbocycles. The highest BCUT2D eigenvalue weighted by molar-refractivity contribution is 6.31. The summed E-state index contributed by atoms with van der Waals surface area (Å²) in [5, 5.41) is 8.50. The Hall–Kier alpha value is -0.540. The van der Waals surface area contributed by atoms with E-state index in [0.717, 1.165) is 30.2 Å². The molecular weight excluding hydrogens is 234 g/mol. The number of nitrogens with zero attached hydrogens (tertiary/aromatic N) is 2. The third kappa shape index (κ3) is 5.55. The van der Waals surface area contributed by atoms with Crippen LogP contribution in [0, 0.1) is 6.92 Å². The van der Waals surface area contributed by atoms with Crippen LogP contribution in [-0.4, -0.2) is 21.9 Å². The molecule has 0 radical (unpaired) electrons. The molecule has 0 bridgehead atoms. The fourth-order valence-corrected chi connectivity index (χ4v) is 1.82. The van der Waals surface area contributed by atoms with Crippen molar-refractivity contribution >= 4 is 11.6 Å². The molecule has 0 saturated carbocycles. The largest absolute Gasteiger partial charge is 0.312 e. The van der Waals surface area contributed by atoms with Crippen molar-refractivity contribution in [3.8, 4) is 0 Å². The Kier molecular flexibility index (Phi) is 5.47. The second-order valence-electron chi connectivity index (χ2n) is 5.54. The summed E-state index contributed by atoms with van der Waals surface area (Å²) in [6.45, 7) is 10.7. The van der Waals surface area contributed by atoms with Gasteiger partial charge in [0.25, 0.3) is 0 Å². The van der Waals surface area contributed by atoms with Crippen molar-refractivity contribution in [3.05, 3.63) is 16.9 Å². The minimum absolute atomic E-state index is 0.228. The summed E-state index contributed by atoms with van der Waals surface area (Å²) in [6, 6.07) is 0. The Labute approximate surface area is 110 Å². The van der Waals surface area contributed by atoms with E-state index in [-0.39, 0.29) is 5.54 Å². The molecule has 1 aromatic heterocycles. The summed E-state index contributed by atoms with van der Waals surface area (Å²) in [6.07, 6.45) is 5.31. The lowest BCUT2D eigenvalue weighted by Crippen LogP contribution is -2.36. The summed E-state index contributed by atoms with van der Waals surface area (Å²) >= 11 is 5.95. The molecule has 1 rings (SSSR count). The van der Waals surface area contributed by atoms with E-state index in [9.17, 15) is 0 Å². The fourth-order valence-electron chi connectivity index (χ4n) is 1.68. The molecular formula is C13H24ClN3. The van der Waals surface area contributed by atoms with E-state index in [1.165, 1.54) is 12.8 Å². The zero-order valence-corrected chi connectivity index (χ0v) is 12.1. The van der Waals surface area contributed by atoms with Crippen molar-refractivity contribution in [2.75, 3.05) is 6.54 Å². The molecule has 4 heteroatoms. The van der Waals surface area contributed by atoms with Crippen LogP contribution >= 0.6 is 11.6 Å². The summed E-state index contributed by atoms with van der Waals surface area (Å²) in [5.74, 6) is 0. The Balaban J connectivity index is 2.11. The van der Waals surface area contributed by atoms with Gasteiger partial charge in [0, 0.05) is 12.1 Å². The van der Waals surface area contributed by atoms with Crippen LogP contribution in [0.25, 0.3) is 0 Å². The minimum Gasteiger partial charge on any atom is -0.312 e. The van der Waals surface area contributed by atoms with Gasteiger partial charge < -0.3 is 5.32 Å². The van der Waals surface area contributed by atoms with Gasteiger partial charge in [0.15, 0.2) is 0 Å². The lowest BCUT2D eigenvalue weighted by molar-refractivity contribution is 0.413. The Morgan fingerprint density at radius 2 is 2.00 bits per heavy atom. The monoisotopic (exact) mass is 257 g/mol. The molecule has 17 heavy (non-hydrogen) atoms. The Morgan fingerprint density at radius 3 is 2.53 bits per heavy atom. The molecule has 0 saturated heterocycles. The Morgan fingerprint density at radius 1 is 1.29 bits per heavy atom. The van der Waals surface area contributed by atoms with Gasteiger partial charge in [-0.1, -0.05) is 18.0 Å². The first-order chi connectivity index (χ1) is 7.90. The predicted octanol–water partition coefficient (Wildman–Crippen LogP) is 3.40. The van der Waals surface area contributed by atoms with Crippen molar-refractivity contribution < 1.29 is 0 Å². The van der Waals surface area contributed by atoms with Gasteiger partial charge in [0.1, 0.15) is 0 Å². The van der Waals surface area contributed by atoms with Crippen LogP contribution in [0.1, 0.15) is 45.7 Å². The van der Waals surface area contributed by atoms with E-state index in [2.05, 4.69) is 31.2 Å². The number of hydrogen-bond acceptors (Lipinski definition) is 2. The number of nitrogens with one attached hydrogen (secondary N) is 1. The molecule has 0 aromatic carbocycles. The molecule has 1 N–H and O–H groups in total. The molecule has 0 fully saturated rings. The third-order valence-corrected chi connectivity index (χ3v) is 3.12. The first kappa shape index (κ1) is 14.5. The highest BCUT2D eigenvalue weighted by Gasteiger charge is 2.07. The van der Waals surface area contributed by atoms with Crippen molar-refractivity contribution in [2.45, 2.75) is 59.0 Å². The van der Waals surface area contributed by atoms with Gasteiger partial charge in [-0.25, -0.2) is 0 Å². The number of hydrogen-bond donors (Lipinski definition) is 1. The molecule has 1 heterocycles. The van der Waals surface area contributed by atoms with Crippen molar-refractivity contribution in [1.29, 1.82) is 0 Å². The van der Waals surface area contributed by atoms with Crippen molar-refractivity contribution in [1.82, 2.24) is 15.1 Å². The second kappa shape index (κ2) is 6.41. The van der Waals surface area contributed by atoms with Crippen LogP contribution < -0.4 is 5.32 Å². The molecule has 0 atom stereocenters. The van der Waals surface area contributed by atoms with Crippen LogP contribution in [0.5, 0.6) is 0 Å². The van der Waals surface area contributed by atoms with Crippen molar-refractivity contribution in [3.63, 3.8) is 0 Å². The van der Waals surface area contributed by atoms with Crippen LogP contribution in [0.3, 0.4) is 0 Å². The van der Waals surface area contributed by atoms with E-state index in [1.807, 2.05) is 11.6 Å². The van der Waals surface area contributed by atoms with Gasteiger partial charge in [-0.05, 0) is 47.1 Å². The maximum Gasteiger partial charge on any atom is 0.0814 e. The van der Waals surface area contributed by atoms with E-state index in [0.29, 0.717) is 0 Å². The number of aryl methyl sites for hydroxylation is 1. The summed E-state index contributed by atoms with van der Waals surface area (Å²) in [5.41, 5.74) is 1.30. The molecule has 1 aromatic rings. The SMILES string of the molecule is Cc1c(Cl)cnn1CCCCCNC(C)(C)C. The van der Waals surface area contributed by atoms with Gasteiger partial charge in [-0.3, -0.25) is 4.68 Å². The van der Waals surface area contributed by atoms with Crippen molar-refractivity contribution in [2.24, 2.45) is 0 Å². The standard InChI is InChI=1S/C13H24ClN3/c1-11-12(14)10-16-17(11)9-7-5-6-8-15-13(2,3)4/h10,15H,5-9H2,1-4H3. The van der Waals surface area contributed by atoms with E-state index >= 15 is 0 Å². The number of unbranched alkanes of at least 4 members (excludes halogenated alkanes) is 2. The topological polar surface area (TPSA) is 29.9 Å². The van der Waals surface area contributed by atoms with Gasteiger partial charge >= 0.3 is 0 Å². The number of aromatic nitrogens is 2. The quantitative estimate of drug-likeness (QED) is 0.792. The number of rotatable bonds is 6. The molecule has 0 unspecified atom stereocenters. The highest BCUT2D eigenvalue weighted by atomic mass is 35.5. The first-order valence-electron chi connectivity index (χ1n) is 6.33. The summed E-state index contributed by atoms with van der Waals surface area (Å²) in [7, 11) is 0. The van der Waals surface area contributed by atoms with Gasteiger partial charge in [-0.2, -0.15) is 5.10 Å².